The van der Waals surface area contributed by atoms with E-state index >= 15 is 0 Å². The van der Waals surface area contributed by atoms with Gasteiger partial charge in [-0.3, -0.25) is 5.10 Å². The summed E-state index contributed by atoms with van der Waals surface area (Å²) in [5.41, 5.74) is 4.78. The third kappa shape index (κ3) is 5.14. The predicted octanol–water partition coefficient (Wildman–Crippen LogP) is 2.57. The number of aryl methyl sites for hydroxylation is 1. The lowest BCUT2D eigenvalue weighted by Crippen LogP contribution is -2.40. The molecular formula is C20H30N4O. The lowest BCUT2D eigenvalue weighted by atomic mass is 9.96. The minimum absolute atomic E-state index is 0.226. The van der Waals surface area contributed by atoms with Crippen molar-refractivity contribution < 1.29 is 5.11 Å². The van der Waals surface area contributed by atoms with Crippen LogP contribution in [0.1, 0.15) is 30.9 Å². The number of aromatic amines is 1. The van der Waals surface area contributed by atoms with Gasteiger partial charge in [-0.05, 0) is 57.8 Å². The van der Waals surface area contributed by atoms with Crippen LogP contribution in [-0.4, -0.2) is 52.5 Å². The molecule has 2 heterocycles. The van der Waals surface area contributed by atoms with Gasteiger partial charge in [0.25, 0.3) is 0 Å². The van der Waals surface area contributed by atoms with E-state index in [2.05, 4.69) is 51.6 Å². The molecule has 1 aliphatic heterocycles. The number of hydrogen-bond acceptors (Lipinski definition) is 4. The molecule has 1 fully saturated rings. The van der Waals surface area contributed by atoms with Gasteiger partial charge in [-0.15, -0.1) is 0 Å². The van der Waals surface area contributed by atoms with Crippen molar-refractivity contribution >= 4 is 0 Å². The molecule has 1 aromatic heterocycles. The molecule has 0 radical (unpaired) electrons. The zero-order valence-corrected chi connectivity index (χ0v) is 15.3. The quantitative estimate of drug-likeness (QED) is 0.724. The van der Waals surface area contributed by atoms with E-state index in [1.54, 1.807) is 0 Å². The number of benzene rings is 1. The Kier molecular flexibility index (Phi) is 6.24. The number of nitrogens with zero attached hydrogens (tertiary/aromatic N) is 2. The Morgan fingerprint density at radius 3 is 2.68 bits per heavy atom. The summed E-state index contributed by atoms with van der Waals surface area (Å²) in [7, 11) is 0. The van der Waals surface area contributed by atoms with Crippen LogP contribution < -0.4 is 5.32 Å². The monoisotopic (exact) mass is 342 g/mol. The molecule has 2 aromatic rings. The maximum atomic E-state index is 9.49. The second-order valence-corrected chi connectivity index (χ2v) is 7.36. The third-order valence-electron chi connectivity index (χ3n) is 5.04. The minimum atomic E-state index is -0.226. The van der Waals surface area contributed by atoms with Gasteiger partial charge >= 0.3 is 0 Å². The van der Waals surface area contributed by atoms with Crippen molar-refractivity contribution in [1.29, 1.82) is 0 Å². The highest BCUT2D eigenvalue weighted by molar-refractivity contribution is 5.62. The Balaban J connectivity index is 1.46. The first-order valence-corrected chi connectivity index (χ1v) is 9.32. The molecule has 136 valence electrons. The van der Waals surface area contributed by atoms with E-state index in [9.17, 15) is 5.11 Å². The molecule has 0 saturated carbocycles. The van der Waals surface area contributed by atoms with Gasteiger partial charge in [-0.2, -0.15) is 5.10 Å². The Hall–Kier alpha value is -1.69. The first kappa shape index (κ1) is 18.1. The van der Waals surface area contributed by atoms with Gasteiger partial charge in [0.2, 0.25) is 0 Å². The van der Waals surface area contributed by atoms with E-state index in [0.717, 1.165) is 44.3 Å². The van der Waals surface area contributed by atoms with E-state index in [-0.39, 0.29) is 6.10 Å². The van der Waals surface area contributed by atoms with Crippen LogP contribution in [-0.2, 0) is 6.54 Å². The zero-order chi connectivity index (χ0) is 17.6. The van der Waals surface area contributed by atoms with E-state index in [0.29, 0.717) is 0 Å². The maximum Gasteiger partial charge on any atom is 0.0695 e. The van der Waals surface area contributed by atoms with Crippen LogP contribution in [0.25, 0.3) is 11.3 Å². The Bertz CT molecular complexity index is 642. The zero-order valence-electron chi connectivity index (χ0n) is 15.3. The lowest BCUT2D eigenvalue weighted by Gasteiger charge is -2.32. The highest BCUT2D eigenvalue weighted by atomic mass is 16.3. The highest BCUT2D eigenvalue weighted by Gasteiger charge is 2.19. The van der Waals surface area contributed by atoms with Gasteiger partial charge < -0.3 is 15.3 Å². The van der Waals surface area contributed by atoms with Gasteiger partial charge in [-0.25, -0.2) is 0 Å². The van der Waals surface area contributed by atoms with E-state index in [1.807, 2.05) is 13.1 Å². The summed E-state index contributed by atoms with van der Waals surface area (Å²) in [6.07, 6.45) is 4.11. The van der Waals surface area contributed by atoms with Gasteiger partial charge in [0.15, 0.2) is 0 Å². The number of nitrogens with one attached hydrogen (secondary N) is 2. The minimum Gasteiger partial charge on any atom is -0.392 e. The van der Waals surface area contributed by atoms with Gasteiger partial charge in [0, 0.05) is 18.7 Å². The molecule has 1 unspecified atom stereocenters. The van der Waals surface area contributed by atoms with Crippen LogP contribution in [0.5, 0.6) is 0 Å². The molecule has 3 rings (SSSR count). The fraction of sp³-hybridized carbons (Fsp3) is 0.550. The molecule has 1 aliphatic rings. The number of aromatic nitrogens is 2. The van der Waals surface area contributed by atoms with E-state index in [4.69, 9.17) is 0 Å². The number of aliphatic hydroxyl groups excluding tert-OH is 1. The molecule has 0 spiro atoms. The molecule has 0 amide bonds. The maximum absolute atomic E-state index is 9.49. The van der Waals surface area contributed by atoms with E-state index in [1.165, 1.54) is 29.5 Å². The third-order valence-corrected chi connectivity index (χ3v) is 5.04. The van der Waals surface area contributed by atoms with Crippen LogP contribution in [0.3, 0.4) is 0 Å². The van der Waals surface area contributed by atoms with Crippen molar-refractivity contribution in [3.05, 3.63) is 41.6 Å². The number of rotatable bonds is 7. The number of piperidine rings is 1. The molecule has 5 heteroatoms. The van der Waals surface area contributed by atoms with Crippen molar-refractivity contribution in [2.45, 2.75) is 39.3 Å². The molecule has 1 atom stereocenters. The highest BCUT2D eigenvalue weighted by Crippen LogP contribution is 2.22. The van der Waals surface area contributed by atoms with Crippen molar-refractivity contribution in [2.24, 2.45) is 5.92 Å². The standard InChI is InChI=1S/C20H30N4O/c1-15-3-5-18(6-4-15)20-19(13-22-23-20)12-21-11-17-7-9-24(10-8-17)14-16(2)25/h3-6,13,16-17,21,25H,7-12,14H2,1-2H3,(H,22,23). The number of likely N-dealkylation sites (tertiary alicyclic amines) is 1. The second kappa shape index (κ2) is 8.61. The van der Waals surface area contributed by atoms with Crippen LogP contribution >= 0.6 is 0 Å². The molecule has 0 bridgehead atoms. The molecule has 25 heavy (non-hydrogen) atoms. The average Bonchev–Trinajstić information content (AvgIpc) is 3.05. The molecule has 1 aromatic carbocycles. The number of hydrogen-bond donors (Lipinski definition) is 3. The molecule has 1 saturated heterocycles. The topological polar surface area (TPSA) is 64.2 Å². The Morgan fingerprint density at radius 1 is 1.28 bits per heavy atom. The van der Waals surface area contributed by atoms with Gasteiger partial charge in [0.1, 0.15) is 0 Å². The fourth-order valence-corrected chi connectivity index (χ4v) is 3.57. The summed E-state index contributed by atoms with van der Waals surface area (Å²) in [6, 6.07) is 8.55. The smallest absolute Gasteiger partial charge is 0.0695 e. The number of H-pyrrole nitrogens is 1. The predicted molar refractivity (Wildman–Crippen MR) is 101 cm³/mol. The van der Waals surface area contributed by atoms with Crippen molar-refractivity contribution in [2.75, 3.05) is 26.2 Å². The molecule has 5 nitrogen and oxygen atoms in total. The molecule has 0 aliphatic carbocycles. The molecule has 3 N–H and O–H groups in total. The lowest BCUT2D eigenvalue weighted by molar-refractivity contribution is 0.0998. The largest absolute Gasteiger partial charge is 0.392 e. The van der Waals surface area contributed by atoms with Crippen molar-refractivity contribution in [1.82, 2.24) is 20.4 Å². The summed E-state index contributed by atoms with van der Waals surface area (Å²) in [5.74, 6) is 0.722. The van der Waals surface area contributed by atoms with Crippen LogP contribution in [0, 0.1) is 12.8 Å². The fourth-order valence-electron chi connectivity index (χ4n) is 3.57. The van der Waals surface area contributed by atoms with E-state index < -0.39 is 0 Å². The summed E-state index contributed by atoms with van der Waals surface area (Å²) in [5, 5.41) is 20.5. The molecular weight excluding hydrogens is 312 g/mol. The average molecular weight is 342 g/mol. The van der Waals surface area contributed by atoms with Crippen LogP contribution in [0.4, 0.5) is 0 Å². The second-order valence-electron chi connectivity index (χ2n) is 7.36. The SMILES string of the molecule is Cc1ccc(-c2[nH]ncc2CNCC2CCN(CC(C)O)CC2)cc1. The summed E-state index contributed by atoms with van der Waals surface area (Å²) in [4.78, 5) is 2.37. The first-order valence-electron chi connectivity index (χ1n) is 9.32. The Labute approximate surface area is 150 Å². The number of aliphatic hydroxyl groups is 1. The van der Waals surface area contributed by atoms with Gasteiger partial charge in [-0.1, -0.05) is 29.8 Å². The summed E-state index contributed by atoms with van der Waals surface area (Å²) in [6.45, 7) is 8.84. The van der Waals surface area contributed by atoms with Crippen LogP contribution in [0.2, 0.25) is 0 Å². The van der Waals surface area contributed by atoms with Crippen LogP contribution in [0.15, 0.2) is 30.5 Å². The Morgan fingerprint density at radius 2 is 2.00 bits per heavy atom. The summed E-state index contributed by atoms with van der Waals surface area (Å²) < 4.78 is 0. The van der Waals surface area contributed by atoms with Crippen molar-refractivity contribution in [3.63, 3.8) is 0 Å². The number of β-amino-alcohol motifs (C(OH)–C–C–N with tert-alkyl or cyclic N) is 1. The van der Waals surface area contributed by atoms with Crippen molar-refractivity contribution in [3.8, 4) is 11.3 Å². The first-order chi connectivity index (χ1) is 12.1. The summed E-state index contributed by atoms with van der Waals surface area (Å²) >= 11 is 0. The van der Waals surface area contributed by atoms with Gasteiger partial charge in [0.05, 0.1) is 18.0 Å². The normalized spacial score (nSPS) is 17.7.